The van der Waals surface area contributed by atoms with E-state index in [0.717, 1.165) is 6.42 Å². The number of H-pyrrole nitrogens is 2. The fraction of sp³-hybridized carbons (Fsp3) is 0.667. The van der Waals surface area contributed by atoms with Gasteiger partial charge in [0.15, 0.2) is 5.82 Å². The van der Waals surface area contributed by atoms with Crippen LogP contribution in [0, 0.1) is 0 Å². The van der Waals surface area contributed by atoms with Gasteiger partial charge in [-0.3, -0.25) is 4.98 Å². The average molecular weight is 157 g/mol. The molecule has 1 rings (SSSR count). The largest absolute Gasteiger partial charge is 0.373 e. The second-order valence-electron chi connectivity index (χ2n) is 2.18. The molecule has 0 aliphatic carbocycles. The molecule has 0 radical (unpaired) electrons. The molecule has 62 valence electrons. The maximum atomic E-state index is 10.5. The van der Waals surface area contributed by atoms with Crippen molar-refractivity contribution in [1.82, 2.24) is 15.2 Å². The lowest BCUT2D eigenvalue weighted by molar-refractivity contribution is 0.116. The fourth-order valence-electron chi connectivity index (χ4n) is 0.687. The van der Waals surface area contributed by atoms with Crippen LogP contribution >= 0.6 is 0 Å². The zero-order valence-corrected chi connectivity index (χ0v) is 6.39. The summed E-state index contributed by atoms with van der Waals surface area (Å²) in [5, 5.41) is 5.92. The topological polar surface area (TPSA) is 70.8 Å². The van der Waals surface area contributed by atoms with Crippen LogP contribution in [-0.2, 0) is 11.3 Å². The molecular weight excluding hydrogens is 146 g/mol. The number of nitrogens with one attached hydrogen (secondary N) is 2. The van der Waals surface area contributed by atoms with Crippen molar-refractivity contribution in [3.05, 3.63) is 16.3 Å². The molecule has 0 saturated heterocycles. The molecule has 0 bridgehead atoms. The maximum Gasteiger partial charge on any atom is 0.340 e. The van der Waals surface area contributed by atoms with Gasteiger partial charge in [-0.1, -0.05) is 6.92 Å². The summed E-state index contributed by atoms with van der Waals surface area (Å²) in [6, 6.07) is 0. The third-order valence-electron chi connectivity index (χ3n) is 1.14. The van der Waals surface area contributed by atoms with Crippen LogP contribution in [0.25, 0.3) is 0 Å². The maximum absolute atomic E-state index is 10.5. The third kappa shape index (κ3) is 2.55. The lowest BCUT2D eigenvalue weighted by atomic mass is 10.5. The molecule has 0 unspecified atom stereocenters. The molecule has 0 amide bonds. The Morgan fingerprint density at radius 3 is 3.00 bits per heavy atom. The van der Waals surface area contributed by atoms with Gasteiger partial charge in [0, 0.05) is 6.61 Å². The summed E-state index contributed by atoms with van der Waals surface area (Å²) in [5.74, 6) is 0.545. The lowest BCUT2D eigenvalue weighted by Gasteiger charge is -1.96. The van der Waals surface area contributed by atoms with E-state index in [1.807, 2.05) is 6.92 Å². The Morgan fingerprint density at radius 1 is 1.64 bits per heavy atom. The highest BCUT2D eigenvalue weighted by molar-refractivity contribution is 4.75. The first kappa shape index (κ1) is 8.00. The SMILES string of the molecule is CCCOCc1n[nH]c(=O)[nH]1. The molecule has 0 saturated carbocycles. The lowest BCUT2D eigenvalue weighted by Crippen LogP contribution is -2.02. The first-order valence-electron chi connectivity index (χ1n) is 3.54. The first-order valence-corrected chi connectivity index (χ1v) is 3.54. The normalized spacial score (nSPS) is 10.3. The second-order valence-corrected chi connectivity index (χ2v) is 2.18. The van der Waals surface area contributed by atoms with Crippen molar-refractivity contribution < 1.29 is 4.74 Å². The molecule has 5 heteroatoms. The van der Waals surface area contributed by atoms with Crippen LogP contribution in [0.4, 0.5) is 0 Å². The Kier molecular flexibility index (Phi) is 2.85. The van der Waals surface area contributed by atoms with Gasteiger partial charge in [0.25, 0.3) is 0 Å². The summed E-state index contributed by atoms with van der Waals surface area (Å²) in [5.41, 5.74) is -0.292. The van der Waals surface area contributed by atoms with Crippen LogP contribution in [0.5, 0.6) is 0 Å². The highest BCUT2D eigenvalue weighted by atomic mass is 16.5. The molecule has 11 heavy (non-hydrogen) atoms. The molecule has 1 aromatic heterocycles. The summed E-state index contributed by atoms with van der Waals surface area (Å²) in [6.07, 6.45) is 0.967. The first-order chi connectivity index (χ1) is 5.33. The Hall–Kier alpha value is -1.10. The minimum atomic E-state index is -0.292. The van der Waals surface area contributed by atoms with Gasteiger partial charge in [0.2, 0.25) is 0 Å². The van der Waals surface area contributed by atoms with Crippen molar-refractivity contribution >= 4 is 0 Å². The minimum Gasteiger partial charge on any atom is -0.373 e. The van der Waals surface area contributed by atoms with Crippen molar-refractivity contribution in [2.75, 3.05) is 6.61 Å². The van der Waals surface area contributed by atoms with Crippen LogP contribution in [0.3, 0.4) is 0 Å². The third-order valence-corrected chi connectivity index (χ3v) is 1.14. The molecular formula is C6H11N3O2. The number of rotatable bonds is 4. The number of aromatic amines is 2. The van der Waals surface area contributed by atoms with Gasteiger partial charge in [-0.25, -0.2) is 9.89 Å². The molecule has 0 fully saturated rings. The van der Waals surface area contributed by atoms with Gasteiger partial charge >= 0.3 is 5.69 Å². The summed E-state index contributed by atoms with van der Waals surface area (Å²) in [7, 11) is 0. The monoisotopic (exact) mass is 157 g/mol. The average Bonchev–Trinajstić information content (AvgIpc) is 2.37. The summed E-state index contributed by atoms with van der Waals surface area (Å²) >= 11 is 0. The van der Waals surface area contributed by atoms with Gasteiger partial charge in [-0.05, 0) is 6.42 Å². The van der Waals surface area contributed by atoms with Crippen molar-refractivity contribution in [3.8, 4) is 0 Å². The van der Waals surface area contributed by atoms with E-state index in [4.69, 9.17) is 4.74 Å². The van der Waals surface area contributed by atoms with E-state index < -0.39 is 0 Å². The Labute approximate surface area is 63.8 Å². The van der Waals surface area contributed by atoms with Gasteiger partial charge in [-0.2, -0.15) is 5.10 Å². The number of aromatic nitrogens is 3. The van der Waals surface area contributed by atoms with Gasteiger partial charge < -0.3 is 4.74 Å². The molecule has 0 aromatic carbocycles. The molecule has 0 aliphatic rings. The Morgan fingerprint density at radius 2 is 2.45 bits per heavy atom. The van der Waals surface area contributed by atoms with E-state index in [9.17, 15) is 4.79 Å². The molecule has 0 aliphatic heterocycles. The summed E-state index contributed by atoms with van der Waals surface area (Å²) < 4.78 is 5.13. The van der Waals surface area contributed by atoms with E-state index in [0.29, 0.717) is 19.0 Å². The van der Waals surface area contributed by atoms with E-state index in [2.05, 4.69) is 15.2 Å². The van der Waals surface area contributed by atoms with E-state index >= 15 is 0 Å². The number of hydrogen-bond acceptors (Lipinski definition) is 3. The van der Waals surface area contributed by atoms with E-state index in [1.165, 1.54) is 0 Å². The zero-order valence-electron chi connectivity index (χ0n) is 6.39. The zero-order chi connectivity index (χ0) is 8.10. The van der Waals surface area contributed by atoms with E-state index in [1.54, 1.807) is 0 Å². The van der Waals surface area contributed by atoms with Crippen LogP contribution < -0.4 is 5.69 Å². The molecule has 2 N–H and O–H groups in total. The Balaban J connectivity index is 2.33. The van der Waals surface area contributed by atoms with E-state index in [-0.39, 0.29) is 5.69 Å². The Bertz CT molecular complexity index is 252. The van der Waals surface area contributed by atoms with Crippen molar-refractivity contribution in [2.45, 2.75) is 20.0 Å². The number of nitrogens with zero attached hydrogens (tertiary/aromatic N) is 1. The van der Waals surface area contributed by atoms with Crippen LogP contribution in [-0.4, -0.2) is 21.8 Å². The molecule has 0 atom stereocenters. The molecule has 0 spiro atoms. The van der Waals surface area contributed by atoms with Gasteiger partial charge in [0.1, 0.15) is 6.61 Å². The molecule has 1 aromatic rings. The van der Waals surface area contributed by atoms with Crippen LogP contribution in [0.1, 0.15) is 19.2 Å². The summed E-state index contributed by atoms with van der Waals surface area (Å²) in [6.45, 7) is 3.08. The van der Waals surface area contributed by atoms with Crippen LogP contribution in [0.2, 0.25) is 0 Å². The highest BCUT2D eigenvalue weighted by Gasteiger charge is 1.95. The summed E-state index contributed by atoms with van der Waals surface area (Å²) in [4.78, 5) is 13.0. The highest BCUT2D eigenvalue weighted by Crippen LogP contribution is 1.88. The smallest absolute Gasteiger partial charge is 0.340 e. The van der Waals surface area contributed by atoms with Gasteiger partial charge in [-0.15, -0.1) is 0 Å². The van der Waals surface area contributed by atoms with Crippen LogP contribution in [0.15, 0.2) is 4.79 Å². The fourth-order valence-corrected chi connectivity index (χ4v) is 0.687. The van der Waals surface area contributed by atoms with Crippen molar-refractivity contribution in [3.63, 3.8) is 0 Å². The van der Waals surface area contributed by atoms with Crippen molar-refractivity contribution in [1.29, 1.82) is 0 Å². The number of hydrogen-bond donors (Lipinski definition) is 2. The standard InChI is InChI=1S/C6H11N3O2/c1-2-3-11-4-5-7-6(10)9-8-5/h2-4H2,1H3,(H2,7,8,9,10). The minimum absolute atomic E-state index is 0.292. The number of ether oxygens (including phenoxy) is 1. The van der Waals surface area contributed by atoms with Gasteiger partial charge in [0.05, 0.1) is 0 Å². The second kappa shape index (κ2) is 3.92. The molecule has 1 heterocycles. The predicted molar refractivity (Wildman–Crippen MR) is 39.2 cm³/mol. The van der Waals surface area contributed by atoms with Crippen molar-refractivity contribution in [2.24, 2.45) is 0 Å². The molecule has 5 nitrogen and oxygen atoms in total. The quantitative estimate of drug-likeness (QED) is 0.605. The predicted octanol–water partition coefficient (Wildman–Crippen LogP) is 0.0246.